The van der Waals surface area contributed by atoms with Crippen LogP contribution in [0.15, 0.2) is 71.6 Å². The lowest BCUT2D eigenvalue weighted by atomic mass is 10.1. The summed E-state index contributed by atoms with van der Waals surface area (Å²) in [6.07, 6.45) is 0.194. The summed E-state index contributed by atoms with van der Waals surface area (Å²) in [5.74, 6) is 0.191. The minimum atomic E-state index is -3.67. The highest BCUT2D eigenvalue weighted by molar-refractivity contribution is 7.89. The molecule has 8 nitrogen and oxygen atoms in total. The molecule has 0 saturated carbocycles. The second kappa shape index (κ2) is 9.08. The second-order valence-corrected chi connectivity index (χ2v) is 10.3. The van der Waals surface area contributed by atoms with Crippen LogP contribution in [0.4, 0.5) is 5.69 Å². The number of amides is 2. The van der Waals surface area contributed by atoms with E-state index in [1.165, 1.54) is 9.21 Å². The average Bonchev–Trinajstić information content (AvgIpc) is 3.02. The molecule has 0 atom stereocenters. The van der Waals surface area contributed by atoms with Crippen molar-refractivity contribution in [1.82, 2.24) is 9.21 Å². The van der Waals surface area contributed by atoms with E-state index in [0.717, 1.165) is 10.8 Å². The average molecular weight is 480 g/mol. The first-order chi connectivity index (χ1) is 16.4. The van der Waals surface area contributed by atoms with Crippen LogP contribution in [-0.4, -0.2) is 68.8 Å². The van der Waals surface area contributed by atoms with E-state index < -0.39 is 10.0 Å². The van der Waals surface area contributed by atoms with E-state index in [1.54, 1.807) is 35.2 Å². The number of fused-ring (bicyclic) bond motifs is 2. The van der Waals surface area contributed by atoms with Crippen molar-refractivity contribution in [3.8, 4) is 5.75 Å². The zero-order valence-corrected chi connectivity index (χ0v) is 19.4. The van der Waals surface area contributed by atoms with E-state index >= 15 is 0 Å². The maximum atomic E-state index is 13.2. The van der Waals surface area contributed by atoms with E-state index in [1.807, 2.05) is 36.4 Å². The molecule has 2 amide bonds. The molecule has 0 bridgehead atoms. The van der Waals surface area contributed by atoms with Gasteiger partial charge in [-0.15, -0.1) is 0 Å². The Morgan fingerprint density at radius 2 is 1.59 bits per heavy atom. The molecular weight excluding hydrogens is 454 g/mol. The number of hydrogen-bond donors (Lipinski definition) is 0. The molecule has 9 heteroatoms. The molecule has 3 aromatic rings. The molecule has 1 saturated heterocycles. The summed E-state index contributed by atoms with van der Waals surface area (Å²) in [6.45, 7) is 1.11. The van der Waals surface area contributed by atoms with Crippen molar-refractivity contribution < 1.29 is 22.7 Å². The quantitative estimate of drug-likeness (QED) is 0.574. The molecule has 0 N–H and O–H groups in total. The van der Waals surface area contributed by atoms with Crippen molar-refractivity contribution in [1.29, 1.82) is 0 Å². The minimum Gasteiger partial charge on any atom is -0.491 e. The molecule has 1 fully saturated rings. The normalized spacial score (nSPS) is 17.2. The number of carbonyl (C=O) groups excluding carboxylic acids is 2. The molecule has 0 unspecified atom stereocenters. The van der Waals surface area contributed by atoms with E-state index in [0.29, 0.717) is 11.4 Å². The van der Waals surface area contributed by atoms with Gasteiger partial charge in [0.2, 0.25) is 21.8 Å². The highest BCUT2D eigenvalue weighted by atomic mass is 32.2. The van der Waals surface area contributed by atoms with Gasteiger partial charge in [0, 0.05) is 26.2 Å². The molecule has 2 heterocycles. The number of benzene rings is 3. The zero-order chi connectivity index (χ0) is 23.7. The lowest BCUT2D eigenvalue weighted by Gasteiger charge is -2.35. The Kier molecular flexibility index (Phi) is 5.97. The van der Waals surface area contributed by atoms with Crippen LogP contribution in [0.3, 0.4) is 0 Å². The van der Waals surface area contributed by atoms with Gasteiger partial charge in [0.1, 0.15) is 12.3 Å². The summed E-state index contributed by atoms with van der Waals surface area (Å²) in [6, 6.07) is 19.9. The number of hydrogen-bond acceptors (Lipinski definition) is 5. The van der Waals surface area contributed by atoms with E-state index in [2.05, 4.69) is 0 Å². The highest BCUT2D eigenvalue weighted by Gasteiger charge is 2.32. The largest absolute Gasteiger partial charge is 0.491 e. The van der Waals surface area contributed by atoms with Gasteiger partial charge >= 0.3 is 0 Å². The van der Waals surface area contributed by atoms with Gasteiger partial charge in [-0.2, -0.15) is 4.31 Å². The maximum absolute atomic E-state index is 13.2. The zero-order valence-electron chi connectivity index (χ0n) is 18.6. The molecule has 176 valence electrons. The second-order valence-electron chi connectivity index (χ2n) is 8.34. The van der Waals surface area contributed by atoms with Crippen LogP contribution < -0.4 is 9.64 Å². The van der Waals surface area contributed by atoms with Crippen LogP contribution in [0.25, 0.3) is 10.8 Å². The molecule has 0 spiro atoms. The number of sulfonamides is 1. The van der Waals surface area contributed by atoms with Crippen molar-refractivity contribution in [2.24, 2.45) is 0 Å². The smallest absolute Gasteiger partial charge is 0.243 e. The number of nitrogens with zero attached hydrogens (tertiary/aromatic N) is 3. The molecule has 5 rings (SSSR count). The fraction of sp³-hybridized carbons (Fsp3) is 0.280. The van der Waals surface area contributed by atoms with Crippen LogP contribution in [0.1, 0.15) is 6.42 Å². The first-order valence-corrected chi connectivity index (χ1v) is 12.7. The van der Waals surface area contributed by atoms with Crippen LogP contribution in [0.2, 0.25) is 0 Å². The predicted molar refractivity (Wildman–Crippen MR) is 128 cm³/mol. The summed E-state index contributed by atoms with van der Waals surface area (Å²) in [4.78, 5) is 29.0. The molecule has 2 aliphatic rings. The lowest BCUT2D eigenvalue weighted by Crippen LogP contribution is -2.53. The van der Waals surface area contributed by atoms with Crippen LogP contribution in [0, 0.1) is 0 Å². The highest BCUT2D eigenvalue weighted by Crippen LogP contribution is 2.31. The molecule has 3 aromatic carbocycles. The third-order valence-electron chi connectivity index (χ3n) is 6.27. The standard InChI is InChI=1S/C25H25N3O5S/c29-24-11-16-33-23-8-4-3-7-22(23)28(24)18-25(30)26-12-14-27(15-13-26)34(31,32)21-10-9-19-5-1-2-6-20(19)17-21/h1-10,17H,11-16,18H2. The molecule has 0 aromatic heterocycles. The van der Waals surface area contributed by atoms with Gasteiger partial charge in [-0.3, -0.25) is 14.5 Å². The van der Waals surface area contributed by atoms with E-state index in [4.69, 9.17) is 4.74 Å². The molecule has 0 radical (unpaired) electrons. The first-order valence-electron chi connectivity index (χ1n) is 11.2. The van der Waals surface area contributed by atoms with Crippen molar-refractivity contribution in [2.75, 3.05) is 44.2 Å². The number of piperazine rings is 1. The van der Waals surface area contributed by atoms with Gasteiger partial charge in [0.05, 0.1) is 23.6 Å². The van der Waals surface area contributed by atoms with Crippen molar-refractivity contribution in [3.63, 3.8) is 0 Å². The molecule has 2 aliphatic heterocycles. The fourth-order valence-corrected chi connectivity index (χ4v) is 5.84. The topological polar surface area (TPSA) is 87.2 Å². The van der Waals surface area contributed by atoms with Gasteiger partial charge in [-0.25, -0.2) is 8.42 Å². The SMILES string of the molecule is O=C(CN1C(=O)CCOc2ccccc21)N1CCN(S(=O)(=O)c2ccc3ccccc3c2)CC1. The summed E-state index contributed by atoms with van der Waals surface area (Å²) in [7, 11) is -3.67. The Balaban J connectivity index is 1.26. The molecule has 0 aliphatic carbocycles. The van der Waals surface area contributed by atoms with E-state index in [-0.39, 0.29) is 62.5 Å². The van der Waals surface area contributed by atoms with Gasteiger partial charge in [-0.05, 0) is 35.0 Å². The van der Waals surface area contributed by atoms with Crippen molar-refractivity contribution >= 4 is 38.3 Å². The number of para-hydroxylation sites is 2. The lowest BCUT2D eigenvalue weighted by molar-refractivity contribution is -0.132. The third kappa shape index (κ3) is 4.24. The summed E-state index contributed by atoms with van der Waals surface area (Å²) >= 11 is 0. The number of rotatable bonds is 4. The van der Waals surface area contributed by atoms with Crippen LogP contribution in [-0.2, 0) is 19.6 Å². The Labute approximate surface area is 198 Å². The van der Waals surface area contributed by atoms with Crippen LogP contribution in [0.5, 0.6) is 5.75 Å². The monoisotopic (exact) mass is 479 g/mol. The van der Waals surface area contributed by atoms with Gasteiger partial charge < -0.3 is 9.64 Å². The number of ether oxygens (including phenoxy) is 1. The van der Waals surface area contributed by atoms with Gasteiger partial charge in [0.25, 0.3) is 0 Å². The van der Waals surface area contributed by atoms with Crippen LogP contribution >= 0.6 is 0 Å². The Morgan fingerprint density at radius 1 is 0.882 bits per heavy atom. The molecular formula is C25H25N3O5S. The van der Waals surface area contributed by atoms with Gasteiger partial charge in [-0.1, -0.05) is 42.5 Å². The minimum absolute atomic E-state index is 0.101. The number of anilines is 1. The summed E-state index contributed by atoms with van der Waals surface area (Å²) < 4.78 is 33.5. The first kappa shape index (κ1) is 22.4. The predicted octanol–water partition coefficient (Wildman–Crippen LogP) is 2.49. The number of carbonyl (C=O) groups is 2. The van der Waals surface area contributed by atoms with Gasteiger partial charge in [0.15, 0.2) is 0 Å². The summed E-state index contributed by atoms with van der Waals surface area (Å²) in [5, 5.41) is 1.84. The Morgan fingerprint density at radius 3 is 2.38 bits per heavy atom. The molecule has 34 heavy (non-hydrogen) atoms. The van der Waals surface area contributed by atoms with Crippen molar-refractivity contribution in [3.05, 3.63) is 66.7 Å². The maximum Gasteiger partial charge on any atom is 0.243 e. The Hall–Kier alpha value is -3.43. The Bertz CT molecular complexity index is 1350. The van der Waals surface area contributed by atoms with Crippen molar-refractivity contribution in [2.45, 2.75) is 11.3 Å². The third-order valence-corrected chi connectivity index (χ3v) is 8.17. The fourth-order valence-electron chi connectivity index (χ4n) is 4.38. The van der Waals surface area contributed by atoms with E-state index in [9.17, 15) is 18.0 Å². The summed E-state index contributed by atoms with van der Waals surface area (Å²) in [5.41, 5.74) is 0.580.